The number of thiocarbonyl (C=S) groups is 2. The summed E-state index contributed by atoms with van der Waals surface area (Å²) in [6.45, 7) is 12.2. The molecule has 0 aliphatic carbocycles. The van der Waals surface area contributed by atoms with E-state index in [2.05, 4.69) is 70.6 Å². The van der Waals surface area contributed by atoms with E-state index in [9.17, 15) is 0 Å². The predicted octanol–water partition coefficient (Wildman–Crippen LogP) is 4.68. The van der Waals surface area contributed by atoms with Crippen LogP contribution in [0.15, 0.2) is 48.5 Å². The Hall–Kier alpha value is -0.846. The Morgan fingerprint density at radius 1 is 0.921 bits per heavy atom. The molecule has 0 aromatic heterocycles. The van der Waals surface area contributed by atoms with Crippen LogP contribution in [-0.2, 0) is 58.5 Å². The van der Waals surface area contributed by atoms with Gasteiger partial charge in [-0.3, -0.25) is 4.90 Å². The number of nitrogens with one attached hydrogen (secondary N) is 5. The van der Waals surface area contributed by atoms with Crippen molar-refractivity contribution in [3.8, 4) is 0 Å². The van der Waals surface area contributed by atoms with E-state index in [1.807, 2.05) is 12.1 Å². The number of anilines is 1. The molecule has 209 valence electrons. The van der Waals surface area contributed by atoms with E-state index in [1.54, 1.807) is 12.1 Å². The van der Waals surface area contributed by atoms with Crippen molar-refractivity contribution in [2.24, 2.45) is 11.7 Å². The van der Waals surface area contributed by atoms with Gasteiger partial charge in [0, 0.05) is 77.7 Å². The van der Waals surface area contributed by atoms with Crippen molar-refractivity contribution in [1.29, 1.82) is 0 Å². The Balaban J connectivity index is 0.00000115. The molecule has 0 unspecified atom stereocenters. The summed E-state index contributed by atoms with van der Waals surface area (Å²) in [7, 11) is 0. The molecule has 1 radical (unpaired) electrons. The van der Waals surface area contributed by atoms with Crippen molar-refractivity contribution in [3.05, 3.63) is 65.4 Å². The standard InChI is InChI=1S/C20H34N5S3.C7H9N2.Y/c1-4-19(26)21-9-12-25(14-11-23-28)13-10-22-20(27)24-18-7-5-17(6-8-18)15-16(2)3;8-5-6-1-3-7(9)4-2-6;/h5-8,16,23H,4,9-15H2,1-3H3,(H,21,26)(H2,22,24,27);1-4,9H,5,8H2;/q2*-1;. The first kappa shape index (κ1) is 37.2. The smallest absolute Gasteiger partial charge is 0.170 e. The molecule has 7 N–H and O–H groups in total. The van der Waals surface area contributed by atoms with Gasteiger partial charge in [-0.25, -0.2) is 0 Å². The number of benzene rings is 2. The van der Waals surface area contributed by atoms with Crippen LogP contribution < -0.4 is 26.4 Å². The van der Waals surface area contributed by atoms with E-state index in [0.29, 0.717) is 23.3 Å². The first-order chi connectivity index (χ1) is 17.8. The summed E-state index contributed by atoms with van der Waals surface area (Å²) in [6, 6.07) is 15.7. The van der Waals surface area contributed by atoms with E-state index in [0.717, 1.165) is 68.3 Å². The van der Waals surface area contributed by atoms with Crippen LogP contribution in [0.3, 0.4) is 0 Å². The van der Waals surface area contributed by atoms with Crippen LogP contribution >= 0.6 is 24.4 Å². The van der Waals surface area contributed by atoms with Gasteiger partial charge in [0.15, 0.2) is 5.11 Å². The summed E-state index contributed by atoms with van der Waals surface area (Å²) in [5.41, 5.74) is 16.4. The average molecular weight is 651 g/mol. The summed E-state index contributed by atoms with van der Waals surface area (Å²) >= 11 is 15.5. The molecule has 38 heavy (non-hydrogen) atoms. The topological polar surface area (TPSA) is 101 Å². The van der Waals surface area contributed by atoms with Crippen molar-refractivity contribution >= 4 is 58.7 Å². The predicted molar refractivity (Wildman–Crippen MR) is 170 cm³/mol. The minimum absolute atomic E-state index is 0. The molecule has 0 aliphatic rings. The molecule has 2 aromatic carbocycles. The largest absolute Gasteiger partial charge is 0.705 e. The Morgan fingerprint density at radius 2 is 1.47 bits per heavy atom. The molecule has 0 atom stereocenters. The van der Waals surface area contributed by atoms with Crippen molar-refractivity contribution in [2.45, 2.75) is 40.2 Å². The molecule has 2 aromatic rings. The van der Waals surface area contributed by atoms with Crippen LogP contribution in [-0.4, -0.2) is 54.3 Å². The van der Waals surface area contributed by atoms with Gasteiger partial charge in [-0.1, -0.05) is 69.4 Å². The summed E-state index contributed by atoms with van der Waals surface area (Å²) in [6.07, 6.45) is 1.97. The van der Waals surface area contributed by atoms with E-state index < -0.39 is 0 Å². The van der Waals surface area contributed by atoms with Crippen LogP contribution in [0.2, 0.25) is 0 Å². The molecule has 0 saturated carbocycles. The zero-order valence-electron chi connectivity index (χ0n) is 22.9. The molecule has 0 amide bonds. The molecule has 11 heteroatoms. The van der Waals surface area contributed by atoms with Gasteiger partial charge in [-0.15, -0.1) is 5.69 Å². The van der Waals surface area contributed by atoms with Crippen LogP contribution in [0.1, 0.15) is 38.3 Å². The molecule has 0 aliphatic heterocycles. The minimum atomic E-state index is 0. The zero-order chi connectivity index (χ0) is 27.5. The number of hydrogen-bond donors (Lipinski definition) is 5. The number of nitrogens with two attached hydrogens (primary N) is 1. The van der Waals surface area contributed by atoms with Crippen molar-refractivity contribution in [2.75, 3.05) is 44.6 Å². The SMILES string of the molecule is CCC(=S)NCCN(CCN[S-])CCNC(=S)Nc1ccc(CC(C)C)cc1.[NH-]c1ccc(CN)cc1.[Y]. The molecule has 0 heterocycles. The summed E-state index contributed by atoms with van der Waals surface area (Å²) in [4.78, 5) is 3.24. The van der Waals surface area contributed by atoms with Crippen molar-refractivity contribution < 1.29 is 32.7 Å². The molecule has 0 spiro atoms. The normalized spacial score (nSPS) is 10.3. The minimum Gasteiger partial charge on any atom is -0.705 e. The van der Waals surface area contributed by atoms with E-state index in [4.69, 9.17) is 48.7 Å². The summed E-state index contributed by atoms with van der Waals surface area (Å²) in [5.74, 6) is 0.660. The fourth-order valence-electron chi connectivity index (χ4n) is 3.36. The molecule has 7 nitrogen and oxygen atoms in total. The van der Waals surface area contributed by atoms with Gasteiger partial charge in [0.05, 0.1) is 4.99 Å². The second-order valence-electron chi connectivity index (χ2n) is 9.02. The summed E-state index contributed by atoms with van der Waals surface area (Å²) < 4.78 is 2.79. The number of nitrogens with zero attached hydrogens (tertiary/aromatic N) is 1. The maximum Gasteiger partial charge on any atom is 0.170 e. The first-order valence-corrected chi connectivity index (χ1v) is 14.0. The number of hydrogen-bond acceptors (Lipinski definition) is 6. The van der Waals surface area contributed by atoms with E-state index in [1.165, 1.54) is 5.56 Å². The van der Waals surface area contributed by atoms with E-state index in [-0.39, 0.29) is 32.7 Å². The van der Waals surface area contributed by atoms with E-state index >= 15 is 0 Å². The van der Waals surface area contributed by atoms with Gasteiger partial charge in [0.2, 0.25) is 0 Å². The Kier molecular flexibility index (Phi) is 22.4. The van der Waals surface area contributed by atoms with Gasteiger partial charge in [0.1, 0.15) is 0 Å². The number of rotatable bonds is 14. The Morgan fingerprint density at radius 3 is 2.00 bits per heavy atom. The molecule has 0 fully saturated rings. The van der Waals surface area contributed by atoms with Gasteiger partial charge >= 0.3 is 0 Å². The zero-order valence-corrected chi connectivity index (χ0v) is 28.2. The van der Waals surface area contributed by atoms with Crippen LogP contribution in [0, 0.1) is 5.92 Å². The Bertz CT molecular complexity index is 897. The van der Waals surface area contributed by atoms with Gasteiger partial charge in [-0.05, 0) is 60.8 Å². The van der Waals surface area contributed by atoms with Crippen LogP contribution in [0.5, 0.6) is 0 Å². The molecular weight excluding hydrogens is 607 g/mol. The summed E-state index contributed by atoms with van der Waals surface area (Å²) in [5, 5.41) is 10.4. The van der Waals surface area contributed by atoms with Crippen LogP contribution in [0.4, 0.5) is 11.4 Å². The fraction of sp³-hybridized carbons (Fsp3) is 0.481. The third kappa shape index (κ3) is 18.4. The Labute approximate surface area is 271 Å². The van der Waals surface area contributed by atoms with Gasteiger partial charge in [0.25, 0.3) is 0 Å². The molecule has 2 rings (SSSR count). The van der Waals surface area contributed by atoms with Crippen molar-refractivity contribution in [3.63, 3.8) is 0 Å². The quantitative estimate of drug-likeness (QED) is 0.148. The average Bonchev–Trinajstić information content (AvgIpc) is 2.88. The molecule has 0 bridgehead atoms. The molecule has 0 saturated heterocycles. The first-order valence-electron chi connectivity index (χ1n) is 12.8. The van der Waals surface area contributed by atoms with Gasteiger partial charge in [-0.2, -0.15) is 0 Å². The maximum atomic E-state index is 7.13. The second kappa shape index (κ2) is 22.9. The third-order valence-corrected chi connectivity index (χ3v) is 6.24. The van der Waals surface area contributed by atoms with Crippen LogP contribution in [0.25, 0.3) is 5.73 Å². The third-order valence-electron chi connectivity index (χ3n) is 5.36. The second-order valence-corrected chi connectivity index (χ2v) is 10.2. The van der Waals surface area contributed by atoms with Crippen molar-refractivity contribution in [1.82, 2.24) is 20.3 Å². The van der Waals surface area contributed by atoms with Gasteiger partial charge < -0.3 is 45.0 Å². The monoisotopic (exact) mass is 650 g/mol. The molecular formula is C27H43N7S3Y-2. The maximum absolute atomic E-state index is 7.13. The fourth-order valence-corrected chi connectivity index (χ4v) is 3.77.